The summed E-state index contributed by atoms with van der Waals surface area (Å²) in [6.07, 6.45) is -0.567. The van der Waals surface area contributed by atoms with Gasteiger partial charge in [0.1, 0.15) is 12.0 Å². The van der Waals surface area contributed by atoms with Crippen molar-refractivity contribution in [3.63, 3.8) is 0 Å². The van der Waals surface area contributed by atoms with Gasteiger partial charge in [0.15, 0.2) is 0 Å². The van der Waals surface area contributed by atoms with Crippen LogP contribution in [-0.4, -0.2) is 46.5 Å². The maximum absolute atomic E-state index is 10.9. The van der Waals surface area contributed by atoms with Gasteiger partial charge < -0.3 is 14.9 Å². The van der Waals surface area contributed by atoms with E-state index >= 15 is 0 Å². The van der Waals surface area contributed by atoms with Crippen LogP contribution in [0.25, 0.3) is 0 Å². The summed E-state index contributed by atoms with van der Waals surface area (Å²) in [7, 11) is 0.314. The first-order valence-corrected chi connectivity index (χ1v) is 5.77. The third-order valence-electron chi connectivity index (χ3n) is 2.06. The Hall–Kier alpha value is -1.16. The molecule has 6 nitrogen and oxygen atoms in total. The quantitative estimate of drug-likeness (QED) is 0.514. The van der Waals surface area contributed by atoms with E-state index in [1.54, 1.807) is 0 Å². The second-order valence-corrected chi connectivity index (χ2v) is 4.46. The Morgan fingerprint density at radius 3 is 2.67 bits per heavy atom. The molecular weight excluding hydrogens is 223 g/mol. The molecule has 7 heteroatoms. The minimum atomic E-state index is -1.23. The van der Waals surface area contributed by atoms with Crippen molar-refractivity contribution in [2.45, 2.75) is 12.5 Å². The molecule has 15 heavy (non-hydrogen) atoms. The molecule has 84 valence electrons. The second kappa shape index (κ2) is 5.07. The Bertz CT molecular complexity index is 289. The number of rotatable bonds is 4. The standard InChI is InChI=1S/C8H11O6P/c9-6(10)1-4(8(12)13)5-2-15-3-7(11)14-5/h4-5,15H,1-3H2,(H,9,10)(H,12,13). The lowest BCUT2D eigenvalue weighted by molar-refractivity contribution is -0.160. The predicted molar refractivity (Wildman–Crippen MR) is 51.3 cm³/mol. The van der Waals surface area contributed by atoms with E-state index in [0.29, 0.717) is 20.9 Å². The zero-order chi connectivity index (χ0) is 11.4. The van der Waals surface area contributed by atoms with Gasteiger partial charge in [0.2, 0.25) is 0 Å². The SMILES string of the molecule is O=C(O)CC(C(=O)O)C1CPCC(=O)O1. The molecule has 0 bridgehead atoms. The van der Waals surface area contributed by atoms with Crippen LogP contribution in [-0.2, 0) is 19.1 Å². The average molecular weight is 234 g/mol. The van der Waals surface area contributed by atoms with Gasteiger partial charge in [-0.25, -0.2) is 0 Å². The Balaban J connectivity index is 2.66. The lowest BCUT2D eigenvalue weighted by atomic mass is 10.00. The second-order valence-electron chi connectivity index (χ2n) is 3.20. The first kappa shape index (κ1) is 11.9. The maximum atomic E-state index is 10.9. The van der Waals surface area contributed by atoms with Crippen LogP contribution in [0.2, 0.25) is 0 Å². The Morgan fingerprint density at radius 2 is 2.20 bits per heavy atom. The van der Waals surface area contributed by atoms with Crippen LogP contribution in [0.3, 0.4) is 0 Å². The van der Waals surface area contributed by atoms with Crippen molar-refractivity contribution in [2.75, 3.05) is 12.3 Å². The number of carboxylic acid groups (broad SMARTS) is 2. The molecule has 0 aromatic carbocycles. The first-order valence-electron chi connectivity index (χ1n) is 4.35. The normalized spacial score (nSPS) is 24.5. The summed E-state index contributed by atoms with van der Waals surface area (Å²) >= 11 is 0. The van der Waals surface area contributed by atoms with Crippen LogP contribution in [0.1, 0.15) is 6.42 Å². The van der Waals surface area contributed by atoms with Crippen molar-refractivity contribution in [1.29, 1.82) is 0 Å². The summed E-state index contributed by atoms with van der Waals surface area (Å²) in [6.45, 7) is 0. The van der Waals surface area contributed by atoms with Gasteiger partial charge in [-0.15, -0.1) is 8.58 Å². The summed E-state index contributed by atoms with van der Waals surface area (Å²) in [5.74, 6) is -4.02. The number of carbonyl (C=O) groups is 3. The molecule has 1 heterocycles. The lowest BCUT2D eigenvalue weighted by Gasteiger charge is -2.26. The number of carboxylic acids is 2. The van der Waals surface area contributed by atoms with Crippen molar-refractivity contribution < 1.29 is 29.3 Å². The van der Waals surface area contributed by atoms with Gasteiger partial charge in [-0.2, -0.15) is 0 Å². The van der Waals surface area contributed by atoms with Crippen LogP contribution in [0.4, 0.5) is 0 Å². The third-order valence-corrected chi connectivity index (χ3v) is 3.29. The summed E-state index contributed by atoms with van der Waals surface area (Å²) in [6, 6.07) is 0. The third kappa shape index (κ3) is 3.47. The summed E-state index contributed by atoms with van der Waals surface area (Å²) < 4.78 is 4.83. The Morgan fingerprint density at radius 1 is 1.53 bits per heavy atom. The van der Waals surface area contributed by atoms with Crippen LogP contribution in [0.15, 0.2) is 0 Å². The monoisotopic (exact) mass is 234 g/mol. The zero-order valence-electron chi connectivity index (χ0n) is 7.80. The molecule has 2 N–H and O–H groups in total. The van der Waals surface area contributed by atoms with Crippen LogP contribution < -0.4 is 0 Å². The molecule has 1 fully saturated rings. The van der Waals surface area contributed by atoms with Crippen LogP contribution in [0, 0.1) is 5.92 Å². The van der Waals surface area contributed by atoms with E-state index < -0.39 is 36.4 Å². The topological polar surface area (TPSA) is 101 Å². The zero-order valence-corrected chi connectivity index (χ0v) is 8.80. The van der Waals surface area contributed by atoms with Gasteiger partial charge >= 0.3 is 17.9 Å². The molecule has 0 amide bonds. The van der Waals surface area contributed by atoms with Crippen molar-refractivity contribution in [3.8, 4) is 0 Å². The van der Waals surface area contributed by atoms with E-state index in [1.807, 2.05) is 0 Å². The van der Waals surface area contributed by atoms with Gasteiger partial charge in [0.05, 0.1) is 12.6 Å². The summed E-state index contributed by atoms with van der Waals surface area (Å²) in [5, 5.41) is 17.3. The van der Waals surface area contributed by atoms with Gasteiger partial charge in [0, 0.05) is 6.16 Å². The largest absolute Gasteiger partial charge is 0.481 e. The van der Waals surface area contributed by atoms with Crippen LogP contribution in [0.5, 0.6) is 0 Å². The van der Waals surface area contributed by atoms with Crippen LogP contribution >= 0.6 is 8.58 Å². The van der Waals surface area contributed by atoms with E-state index in [4.69, 9.17) is 14.9 Å². The van der Waals surface area contributed by atoms with Gasteiger partial charge in [-0.3, -0.25) is 14.4 Å². The summed E-state index contributed by atoms with van der Waals surface area (Å²) in [4.78, 5) is 32.2. The number of aliphatic carboxylic acids is 2. The molecule has 0 aromatic rings. The van der Waals surface area contributed by atoms with Crippen molar-refractivity contribution >= 4 is 26.5 Å². The number of hydrogen-bond donors (Lipinski definition) is 2. The predicted octanol–water partition coefficient (Wildman–Crippen LogP) is -0.234. The molecule has 3 atom stereocenters. The molecule has 3 unspecified atom stereocenters. The highest BCUT2D eigenvalue weighted by atomic mass is 31.1. The lowest BCUT2D eigenvalue weighted by Crippen LogP contribution is -2.38. The van der Waals surface area contributed by atoms with E-state index in [1.165, 1.54) is 0 Å². The fourth-order valence-corrected chi connectivity index (χ4v) is 2.44. The number of hydrogen-bond acceptors (Lipinski definition) is 4. The molecule has 1 saturated heterocycles. The molecule has 0 radical (unpaired) electrons. The molecular formula is C8H11O6P. The number of cyclic esters (lactones) is 1. The van der Waals surface area contributed by atoms with E-state index in [-0.39, 0.29) is 0 Å². The highest BCUT2D eigenvalue weighted by Gasteiger charge is 2.35. The molecule has 0 spiro atoms. The number of esters is 1. The molecule has 0 aromatic heterocycles. The van der Waals surface area contributed by atoms with Gasteiger partial charge in [-0.1, -0.05) is 0 Å². The molecule has 0 aliphatic carbocycles. The minimum Gasteiger partial charge on any atom is -0.481 e. The van der Waals surface area contributed by atoms with Crippen molar-refractivity contribution in [2.24, 2.45) is 5.92 Å². The minimum absolute atomic E-state index is 0.301. The van der Waals surface area contributed by atoms with E-state index in [0.717, 1.165) is 0 Å². The van der Waals surface area contributed by atoms with E-state index in [2.05, 4.69) is 0 Å². The number of ether oxygens (including phenoxy) is 1. The first-order chi connectivity index (χ1) is 7.00. The average Bonchev–Trinajstić information content (AvgIpc) is 2.13. The van der Waals surface area contributed by atoms with Crippen molar-refractivity contribution in [1.82, 2.24) is 0 Å². The van der Waals surface area contributed by atoms with E-state index in [9.17, 15) is 14.4 Å². The fourth-order valence-electron chi connectivity index (χ4n) is 1.36. The highest BCUT2D eigenvalue weighted by Crippen LogP contribution is 2.26. The molecule has 1 aliphatic heterocycles. The van der Waals surface area contributed by atoms with Crippen molar-refractivity contribution in [3.05, 3.63) is 0 Å². The smallest absolute Gasteiger partial charge is 0.310 e. The van der Waals surface area contributed by atoms with Gasteiger partial charge in [-0.05, 0) is 0 Å². The highest BCUT2D eigenvalue weighted by molar-refractivity contribution is 7.39. The Kier molecular flexibility index (Phi) is 4.03. The van der Waals surface area contributed by atoms with Gasteiger partial charge in [0.25, 0.3) is 0 Å². The maximum Gasteiger partial charge on any atom is 0.310 e. The summed E-state index contributed by atoms with van der Waals surface area (Å²) in [5.41, 5.74) is 0. The fraction of sp³-hybridized carbons (Fsp3) is 0.625. The molecule has 1 rings (SSSR count). The number of carbonyl (C=O) groups excluding carboxylic acids is 1. The Labute approximate surface area is 87.4 Å². The molecule has 1 aliphatic rings. The molecule has 0 saturated carbocycles.